The first-order valence-corrected chi connectivity index (χ1v) is 6.93. The van der Waals surface area contributed by atoms with Gasteiger partial charge in [0.1, 0.15) is 0 Å². The monoisotopic (exact) mass is 262 g/mol. The van der Waals surface area contributed by atoms with Crippen molar-refractivity contribution in [3.05, 3.63) is 77.6 Å². The number of hydrogen-bond acceptors (Lipinski definition) is 2. The highest BCUT2D eigenvalue weighted by Crippen LogP contribution is 2.18. The first-order valence-electron chi connectivity index (χ1n) is 6.93. The third kappa shape index (κ3) is 2.86. The van der Waals surface area contributed by atoms with Crippen LogP contribution in [0.3, 0.4) is 0 Å². The van der Waals surface area contributed by atoms with Crippen LogP contribution in [0.25, 0.3) is 10.8 Å². The number of benzene rings is 2. The largest absolute Gasteiger partial charge is 0.307 e. The summed E-state index contributed by atoms with van der Waals surface area (Å²) in [6, 6.07) is 21.1. The summed E-state index contributed by atoms with van der Waals surface area (Å²) in [7, 11) is 0. The van der Waals surface area contributed by atoms with E-state index in [0.29, 0.717) is 0 Å². The van der Waals surface area contributed by atoms with Gasteiger partial charge < -0.3 is 5.32 Å². The molecule has 0 spiro atoms. The minimum absolute atomic E-state index is 0.797. The molecule has 100 valence electrons. The Morgan fingerprint density at radius 1 is 0.850 bits per heavy atom. The molecule has 20 heavy (non-hydrogen) atoms. The zero-order chi connectivity index (χ0) is 13.8. The molecular formula is C18H18N2. The number of pyridine rings is 1. The minimum atomic E-state index is 0.797. The van der Waals surface area contributed by atoms with Gasteiger partial charge in [-0.25, -0.2) is 0 Å². The molecule has 1 aromatic heterocycles. The van der Waals surface area contributed by atoms with Crippen LogP contribution in [0, 0.1) is 6.92 Å². The fourth-order valence-corrected chi connectivity index (χ4v) is 2.47. The van der Waals surface area contributed by atoms with E-state index in [1.165, 1.54) is 16.3 Å². The van der Waals surface area contributed by atoms with Gasteiger partial charge in [0.2, 0.25) is 0 Å². The van der Waals surface area contributed by atoms with Crippen molar-refractivity contribution in [3.8, 4) is 0 Å². The predicted molar refractivity (Wildman–Crippen MR) is 83.5 cm³/mol. The highest BCUT2D eigenvalue weighted by molar-refractivity contribution is 5.85. The zero-order valence-corrected chi connectivity index (χ0v) is 11.6. The minimum Gasteiger partial charge on any atom is -0.307 e. The number of nitrogens with one attached hydrogen (secondary N) is 1. The number of nitrogens with zero attached hydrogens (tertiary/aromatic N) is 1. The normalized spacial score (nSPS) is 10.8. The van der Waals surface area contributed by atoms with E-state index in [2.05, 4.69) is 64.9 Å². The van der Waals surface area contributed by atoms with Gasteiger partial charge in [0.25, 0.3) is 0 Å². The Morgan fingerprint density at radius 2 is 1.65 bits per heavy atom. The third-order valence-corrected chi connectivity index (χ3v) is 3.45. The average molecular weight is 262 g/mol. The van der Waals surface area contributed by atoms with Crippen molar-refractivity contribution in [2.75, 3.05) is 0 Å². The molecule has 2 aromatic carbocycles. The van der Waals surface area contributed by atoms with Crippen LogP contribution in [0.4, 0.5) is 0 Å². The molecule has 0 radical (unpaired) electrons. The van der Waals surface area contributed by atoms with Crippen LogP contribution in [0.5, 0.6) is 0 Å². The smallest absolute Gasteiger partial charge is 0.0544 e. The predicted octanol–water partition coefficient (Wildman–Crippen LogP) is 3.83. The Hall–Kier alpha value is -2.19. The molecule has 0 saturated carbocycles. The molecule has 3 aromatic rings. The lowest BCUT2D eigenvalue weighted by Gasteiger charge is -2.08. The zero-order valence-electron chi connectivity index (χ0n) is 11.6. The van der Waals surface area contributed by atoms with Gasteiger partial charge >= 0.3 is 0 Å². The number of aromatic nitrogens is 1. The highest BCUT2D eigenvalue weighted by atomic mass is 14.9. The van der Waals surface area contributed by atoms with Crippen molar-refractivity contribution in [2.24, 2.45) is 0 Å². The highest BCUT2D eigenvalue weighted by Gasteiger charge is 2.00. The van der Waals surface area contributed by atoms with Crippen molar-refractivity contribution in [3.63, 3.8) is 0 Å². The first kappa shape index (κ1) is 12.8. The van der Waals surface area contributed by atoms with Gasteiger partial charge in [-0.1, -0.05) is 48.5 Å². The summed E-state index contributed by atoms with van der Waals surface area (Å²) in [5, 5.41) is 6.09. The molecule has 2 nitrogen and oxygen atoms in total. The molecule has 0 amide bonds. The second-order valence-electron chi connectivity index (χ2n) is 5.01. The fraction of sp³-hybridized carbons (Fsp3) is 0.167. The second-order valence-corrected chi connectivity index (χ2v) is 5.01. The van der Waals surface area contributed by atoms with Crippen molar-refractivity contribution >= 4 is 10.8 Å². The fourth-order valence-electron chi connectivity index (χ4n) is 2.47. The van der Waals surface area contributed by atoms with Gasteiger partial charge in [0.15, 0.2) is 0 Å². The maximum Gasteiger partial charge on any atom is 0.0544 e. The molecule has 2 heteroatoms. The van der Waals surface area contributed by atoms with Crippen LogP contribution in [0.15, 0.2) is 60.7 Å². The number of fused-ring (bicyclic) bond motifs is 1. The molecule has 0 fully saturated rings. The maximum atomic E-state index is 4.50. The standard InChI is InChI=1S/C18H18N2/c1-14-6-4-10-17(20-14)13-19-12-16-9-5-8-15-7-2-3-11-18(15)16/h2-11,19H,12-13H2,1H3. The van der Waals surface area contributed by atoms with Gasteiger partial charge in [-0.2, -0.15) is 0 Å². The van der Waals surface area contributed by atoms with E-state index in [4.69, 9.17) is 0 Å². The first-order chi connectivity index (χ1) is 9.83. The average Bonchev–Trinajstić information content (AvgIpc) is 2.48. The van der Waals surface area contributed by atoms with Crippen LogP contribution in [0.1, 0.15) is 17.0 Å². The summed E-state index contributed by atoms with van der Waals surface area (Å²) < 4.78 is 0. The van der Waals surface area contributed by atoms with Crippen LogP contribution >= 0.6 is 0 Å². The van der Waals surface area contributed by atoms with E-state index in [-0.39, 0.29) is 0 Å². The lowest BCUT2D eigenvalue weighted by molar-refractivity contribution is 0.681. The van der Waals surface area contributed by atoms with E-state index in [0.717, 1.165) is 24.5 Å². The second kappa shape index (κ2) is 5.85. The lowest BCUT2D eigenvalue weighted by Crippen LogP contribution is -2.14. The topological polar surface area (TPSA) is 24.9 Å². The lowest BCUT2D eigenvalue weighted by atomic mass is 10.0. The number of rotatable bonds is 4. The number of aryl methyl sites for hydroxylation is 1. The van der Waals surface area contributed by atoms with Crippen molar-refractivity contribution < 1.29 is 0 Å². The summed E-state index contributed by atoms with van der Waals surface area (Å²) in [6.45, 7) is 3.68. The van der Waals surface area contributed by atoms with Gasteiger partial charge in [0, 0.05) is 18.8 Å². The molecule has 0 unspecified atom stereocenters. The van der Waals surface area contributed by atoms with E-state index in [9.17, 15) is 0 Å². The molecule has 0 atom stereocenters. The molecule has 3 rings (SSSR count). The van der Waals surface area contributed by atoms with Crippen LogP contribution in [0.2, 0.25) is 0 Å². The van der Waals surface area contributed by atoms with Crippen LogP contribution < -0.4 is 5.32 Å². The molecule has 0 bridgehead atoms. The van der Waals surface area contributed by atoms with Gasteiger partial charge in [-0.15, -0.1) is 0 Å². The molecule has 1 N–H and O–H groups in total. The molecule has 1 heterocycles. The van der Waals surface area contributed by atoms with Crippen molar-refractivity contribution in [2.45, 2.75) is 20.0 Å². The van der Waals surface area contributed by atoms with E-state index >= 15 is 0 Å². The molecule has 0 saturated heterocycles. The van der Waals surface area contributed by atoms with E-state index in [1.54, 1.807) is 0 Å². The molecule has 0 aliphatic heterocycles. The summed E-state index contributed by atoms with van der Waals surface area (Å²) in [5.74, 6) is 0. The van der Waals surface area contributed by atoms with Gasteiger partial charge in [0.05, 0.1) is 5.69 Å². The summed E-state index contributed by atoms with van der Waals surface area (Å²) in [5.41, 5.74) is 3.48. The van der Waals surface area contributed by atoms with Crippen LogP contribution in [-0.2, 0) is 13.1 Å². The Bertz CT molecular complexity index is 714. The van der Waals surface area contributed by atoms with Gasteiger partial charge in [-0.05, 0) is 35.4 Å². The molecular weight excluding hydrogens is 244 g/mol. The summed E-state index contributed by atoms with van der Waals surface area (Å²) in [6.07, 6.45) is 0. The Labute approximate surface area is 119 Å². The maximum absolute atomic E-state index is 4.50. The third-order valence-electron chi connectivity index (χ3n) is 3.45. The van der Waals surface area contributed by atoms with E-state index in [1.807, 2.05) is 13.0 Å². The SMILES string of the molecule is Cc1cccc(CNCc2cccc3ccccc23)n1. The molecule has 0 aliphatic rings. The Kier molecular flexibility index (Phi) is 3.75. The van der Waals surface area contributed by atoms with Crippen molar-refractivity contribution in [1.82, 2.24) is 10.3 Å². The van der Waals surface area contributed by atoms with Crippen LogP contribution in [-0.4, -0.2) is 4.98 Å². The Balaban J connectivity index is 1.71. The molecule has 0 aliphatic carbocycles. The summed E-state index contributed by atoms with van der Waals surface area (Å²) >= 11 is 0. The van der Waals surface area contributed by atoms with E-state index < -0.39 is 0 Å². The number of hydrogen-bond donors (Lipinski definition) is 1. The van der Waals surface area contributed by atoms with Crippen molar-refractivity contribution in [1.29, 1.82) is 0 Å². The summed E-state index contributed by atoms with van der Waals surface area (Å²) in [4.78, 5) is 4.50. The quantitative estimate of drug-likeness (QED) is 0.773. The Morgan fingerprint density at radius 3 is 2.55 bits per heavy atom. The van der Waals surface area contributed by atoms with Gasteiger partial charge in [-0.3, -0.25) is 4.98 Å².